The van der Waals surface area contributed by atoms with Crippen LogP contribution in [0, 0.1) is 22.9 Å². The summed E-state index contributed by atoms with van der Waals surface area (Å²) in [6, 6.07) is 10.9. The maximum Gasteiger partial charge on any atom is 0.271 e. The predicted octanol–water partition coefficient (Wildman–Crippen LogP) is 3.95. The average Bonchev–Trinajstić information content (AvgIpc) is 3.21. The first-order valence-corrected chi connectivity index (χ1v) is 10.0. The van der Waals surface area contributed by atoms with Crippen molar-refractivity contribution in [3.63, 3.8) is 0 Å². The fourth-order valence-electron chi connectivity index (χ4n) is 3.90. The maximum atomic E-state index is 14.2. The van der Waals surface area contributed by atoms with Gasteiger partial charge in [0.25, 0.3) is 11.6 Å². The molecular weight excluding hydrogens is 401 g/mol. The number of halogens is 1. The molecule has 1 amide bonds. The second kappa shape index (κ2) is 8.65. The highest BCUT2D eigenvalue weighted by Crippen LogP contribution is 2.31. The second-order valence-electron chi connectivity index (χ2n) is 7.59. The standard InChI is InChI=1S/C22H22FN5O3/c1-14-3-2-4-16(11-14)27-21(15-7-9-24-10-8-15)18(13-25-27)22(29)26-20-12-17(28(30)31)5-6-19(20)23/h2-6,11-13,15,24H,7-10H2,1H3,(H,26,29). The van der Waals surface area contributed by atoms with Crippen LogP contribution in [0.5, 0.6) is 0 Å². The third-order valence-electron chi connectivity index (χ3n) is 5.43. The van der Waals surface area contributed by atoms with Gasteiger partial charge in [0.2, 0.25) is 0 Å². The lowest BCUT2D eigenvalue weighted by molar-refractivity contribution is -0.384. The van der Waals surface area contributed by atoms with Gasteiger partial charge in [0, 0.05) is 18.1 Å². The first kappa shape index (κ1) is 20.7. The van der Waals surface area contributed by atoms with Gasteiger partial charge >= 0.3 is 0 Å². The molecule has 2 N–H and O–H groups in total. The number of piperidine rings is 1. The van der Waals surface area contributed by atoms with Crippen molar-refractivity contribution < 1.29 is 14.1 Å². The SMILES string of the molecule is Cc1cccc(-n2ncc(C(=O)Nc3cc([N+](=O)[O-])ccc3F)c2C2CCNCC2)c1. The van der Waals surface area contributed by atoms with Crippen molar-refractivity contribution in [2.24, 2.45) is 0 Å². The minimum atomic E-state index is -0.742. The van der Waals surface area contributed by atoms with Gasteiger partial charge in [-0.2, -0.15) is 5.10 Å². The number of benzene rings is 2. The monoisotopic (exact) mass is 423 g/mol. The van der Waals surface area contributed by atoms with Gasteiger partial charge in [-0.3, -0.25) is 14.9 Å². The summed E-state index contributed by atoms with van der Waals surface area (Å²) in [5, 5.41) is 21.3. The van der Waals surface area contributed by atoms with Crippen molar-refractivity contribution in [2.45, 2.75) is 25.7 Å². The Morgan fingerprint density at radius 3 is 2.74 bits per heavy atom. The lowest BCUT2D eigenvalue weighted by Gasteiger charge is -2.24. The highest BCUT2D eigenvalue weighted by molar-refractivity contribution is 6.05. The van der Waals surface area contributed by atoms with E-state index in [1.54, 1.807) is 4.68 Å². The summed E-state index contributed by atoms with van der Waals surface area (Å²) in [7, 11) is 0. The molecule has 9 heteroatoms. The Balaban J connectivity index is 1.73. The van der Waals surface area contributed by atoms with Gasteiger partial charge in [-0.15, -0.1) is 0 Å². The van der Waals surface area contributed by atoms with Crippen LogP contribution in [-0.2, 0) is 0 Å². The summed E-state index contributed by atoms with van der Waals surface area (Å²) < 4.78 is 16.0. The number of hydrogen-bond donors (Lipinski definition) is 2. The zero-order valence-electron chi connectivity index (χ0n) is 17.0. The predicted molar refractivity (Wildman–Crippen MR) is 114 cm³/mol. The van der Waals surface area contributed by atoms with Crippen LogP contribution in [0.3, 0.4) is 0 Å². The summed E-state index contributed by atoms with van der Waals surface area (Å²) in [6.07, 6.45) is 3.15. The topological polar surface area (TPSA) is 102 Å². The van der Waals surface area contributed by atoms with E-state index in [1.807, 2.05) is 31.2 Å². The van der Waals surface area contributed by atoms with Crippen molar-refractivity contribution in [1.29, 1.82) is 0 Å². The Hall–Kier alpha value is -3.59. The lowest BCUT2D eigenvalue weighted by Crippen LogP contribution is -2.29. The minimum absolute atomic E-state index is 0.0972. The van der Waals surface area contributed by atoms with E-state index in [0.29, 0.717) is 5.56 Å². The average molecular weight is 423 g/mol. The number of anilines is 1. The van der Waals surface area contributed by atoms with Crippen LogP contribution in [0.2, 0.25) is 0 Å². The molecule has 1 fully saturated rings. The number of nitro groups is 1. The summed E-state index contributed by atoms with van der Waals surface area (Å²) in [4.78, 5) is 23.5. The third kappa shape index (κ3) is 4.31. The molecule has 2 heterocycles. The molecule has 1 aromatic heterocycles. The number of carbonyl (C=O) groups is 1. The van der Waals surface area contributed by atoms with Crippen LogP contribution in [-0.4, -0.2) is 33.7 Å². The number of non-ortho nitro benzene ring substituents is 1. The molecule has 2 aromatic carbocycles. The molecule has 1 aliphatic heterocycles. The number of nitrogens with zero attached hydrogens (tertiary/aromatic N) is 3. The highest BCUT2D eigenvalue weighted by atomic mass is 19.1. The van der Waals surface area contributed by atoms with Gasteiger partial charge in [0.1, 0.15) is 5.82 Å². The number of carbonyl (C=O) groups excluding carboxylic acids is 1. The van der Waals surface area contributed by atoms with Crippen LogP contribution >= 0.6 is 0 Å². The van der Waals surface area contributed by atoms with E-state index in [1.165, 1.54) is 6.20 Å². The van der Waals surface area contributed by atoms with Crippen LogP contribution in [0.1, 0.15) is 40.4 Å². The smallest absolute Gasteiger partial charge is 0.271 e. The number of aromatic nitrogens is 2. The molecule has 0 saturated carbocycles. The van der Waals surface area contributed by atoms with Crippen molar-refractivity contribution in [2.75, 3.05) is 18.4 Å². The Morgan fingerprint density at radius 1 is 1.26 bits per heavy atom. The molecule has 31 heavy (non-hydrogen) atoms. The highest BCUT2D eigenvalue weighted by Gasteiger charge is 2.27. The lowest BCUT2D eigenvalue weighted by atomic mass is 9.91. The Kier molecular flexibility index (Phi) is 5.77. The minimum Gasteiger partial charge on any atom is -0.319 e. The van der Waals surface area contributed by atoms with Gasteiger partial charge in [-0.25, -0.2) is 9.07 Å². The fourth-order valence-corrected chi connectivity index (χ4v) is 3.90. The molecule has 3 aromatic rings. The zero-order chi connectivity index (χ0) is 22.0. The van der Waals surface area contributed by atoms with Crippen LogP contribution in [0.15, 0.2) is 48.7 Å². The number of rotatable bonds is 5. The number of aryl methyl sites for hydroxylation is 1. The van der Waals surface area contributed by atoms with Gasteiger partial charge < -0.3 is 10.6 Å². The molecule has 0 spiro atoms. The molecule has 0 aliphatic carbocycles. The van der Waals surface area contributed by atoms with E-state index in [-0.39, 0.29) is 17.3 Å². The van der Waals surface area contributed by atoms with E-state index in [9.17, 15) is 19.3 Å². The van der Waals surface area contributed by atoms with Gasteiger partial charge in [0.05, 0.1) is 33.8 Å². The second-order valence-corrected chi connectivity index (χ2v) is 7.59. The molecule has 8 nitrogen and oxygen atoms in total. The van der Waals surface area contributed by atoms with E-state index in [0.717, 1.165) is 61.1 Å². The molecule has 0 radical (unpaired) electrons. The van der Waals surface area contributed by atoms with Crippen molar-refractivity contribution in [1.82, 2.24) is 15.1 Å². The van der Waals surface area contributed by atoms with E-state index in [2.05, 4.69) is 15.7 Å². The molecular formula is C22H22FN5O3. The van der Waals surface area contributed by atoms with Gasteiger partial charge in [-0.05, 0) is 56.6 Å². The van der Waals surface area contributed by atoms with Gasteiger partial charge in [0.15, 0.2) is 0 Å². The van der Waals surface area contributed by atoms with Crippen molar-refractivity contribution in [3.05, 3.63) is 81.4 Å². The molecule has 0 bridgehead atoms. The Morgan fingerprint density at radius 2 is 2.03 bits per heavy atom. The Bertz CT molecular complexity index is 1140. The van der Waals surface area contributed by atoms with Crippen LogP contribution < -0.4 is 10.6 Å². The molecule has 4 rings (SSSR count). The van der Waals surface area contributed by atoms with Crippen LogP contribution in [0.4, 0.5) is 15.8 Å². The number of nitro benzene ring substituents is 1. The maximum absolute atomic E-state index is 14.2. The molecule has 0 atom stereocenters. The summed E-state index contributed by atoms with van der Waals surface area (Å²) >= 11 is 0. The van der Waals surface area contributed by atoms with Crippen molar-refractivity contribution in [3.8, 4) is 5.69 Å². The largest absolute Gasteiger partial charge is 0.319 e. The number of nitrogens with one attached hydrogen (secondary N) is 2. The van der Waals surface area contributed by atoms with Crippen molar-refractivity contribution >= 4 is 17.3 Å². The first-order chi connectivity index (χ1) is 14.9. The molecule has 160 valence electrons. The van der Waals surface area contributed by atoms with E-state index < -0.39 is 16.6 Å². The number of hydrogen-bond acceptors (Lipinski definition) is 5. The fraction of sp³-hybridized carbons (Fsp3) is 0.273. The summed E-state index contributed by atoms with van der Waals surface area (Å²) in [5.74, 6) is -1.19. The quantitative estimate of drug-likeness (QED) is 0.478. The van der Waals surface area contributed by atoms with Crippen LogP contribution in [0.25, 0.3) is 5.69 Å². The summed E-state index contributed by atoms with van der Waals surface area (Å²) in [6.45, 7) is 3.63. The molecule has 1 saturated heterocycles. The third-order valence-corrected chi connectivity index (χ3v) is 5.43. The Labute approximate surface area is 178 Å². The van der Waals surface area contributed by atoms with E-state index >= 15 is 0 Å². The van der Waals surface area contributed by atoms with Gasteiger partial charge in [-0.1, -0.05) is 12.1 Å². The summed E-state index contributed by atoms with van der Waals surface area (Å²) in [5.41, 5.74) is 2.46. The van der Waals surface area contributed by atoms with E-state index in [4.69, 9.17) is 0 Å². The molecule has 0 unspecified atom stereocenters. The first-order valence-electron chi connectivity index (χ1n) is 10.0. The molecule has 1 aliphatic rings. The number of amides is 1. The normalized spacial score (nSPS) is 14.4. The zero-order valence-corrected chi connectivity index (χ0v) is 17.0.